The molecule has 7 nitrogen and oxygen atoms in total. The van der Waals surface area contributed by atoms with Crippen molar-refractivity contribution in [2.24, 2.45) is 0 Å². The first-order valence-electron chi connectivity index (χ1n) is 8.66. The number of rotatable bonds is 6. The number of anilines is 2. The summed E-state index contributed by atoms with van der Waals surface area (Å²) in [5, 5.41) is 7.82. The van der Waals surface area contributed by atoms with Crippen LogP contribution in [0.1, 0.15) is 5.56 Å². The quantitative estimate of drug-likeness (QED) is 0.422. The van der Waals surface area contributed by atoms with Gasteiger partial charge < -0.3 is 4.74 Å². The Labute approximate surface area is 178 Å². The lowest BCUT2D eigenvalue weighted by Crippen LogP contribution is -2.27. The van der Waals surface area contributed by atoms with Gasteiger partial charge in [0.15, 0.2) is 5.75 Å². The number of sulfonamides is 1. The Morgan fingerprint density at radius 3 is 2.39 bits per heavy atom. The third-order valence-corrected chi connectivity index (χ3v) is 6.66. The molecular weight excluding hydrogens is 453 g/mol. The van der Waals surface area contributed by atoms with E-state index in [1.54, 1.807) is 23.6 Å². The number of hydrogen-bond donors (Lipinski definition) is 1. The number of thiazole rings is 1. The molecule has 0 spiro atoms. The smallest absolute Gasteiger partial charge is 0.420 e. The van der Waals surface area contributed by atoms with E-state index >= 15 is 0 Å². The number of hydrogen-bond acceptors (Lipinski definition) is 6. The fourth-order valence-corrected chi connectivity index (χ4v) is 5.19. The Morgan fingerprint density at radius 1 is 1.00 bits per heavy atom. The molecule has 1 N–H and O–H groups in total. The summed E-state index contributed by atoms with van der Waals surface area (Å²) in [6.07, 6.45) is -2.15. The number of alkyl halides is 3. The minimum Gasteiger partial charge on any atom is -0.455 e. The minimum atomic E-state index is -4.85. The van der Waals surface area contributed by atoms with Crippen molar-refractivity contribution in [1.29, 1.82) is 0 Å². The van der Waals surface area contributed by atoms with E-state index < -0.39 is 32.4 Å². The highest BCUT2D eigenvalue weighted by molar-refractivity contribution is 7.93. The van der Waals surface area contributed by atoms with Crippen molar-refractivity contribution in [3.8, 4) is 11.5 Å². The van der Waals surface area contributed by atoms with E-state index in [9.17, 15) is 21.6 Å². The molecule has 0 amide bonds. The largest absolute Gasteiger partial charge is 0.455 e. The Morgan fingerprint density at radius 2 is 1.77 bits per heavy atom. The van der Waals surface area contributed by atoms with Gasteiger partial charge >= 0.3 is 6.18 Å². The molecule has 4 rings (SSSR count). The first kappa shape index (κ1) is 20.9. The summed E-state index contributed by atoms with van der Waals surface area (Å²) in [7, 11) is -4.60. The minimum absolute atomic E-state index is 0.0121. The molecule has 0 aliphatic carbocycles. The number of halogens is 3. The van der Waals surface area contributed by atoms with Gasteiger partial charge in [0.2, 0.25) is 5.13 Å². The molecule has 4 aromatic rings. The second-order valence-corrected chi connectivity index (χ2v) is 8.70. The third kappa shape index (κ3) is 4.11. The summed E-state index contributed by atoms with van der Waals surface area (Å²) in [5.41, 5.74) is -1.22. The van der Waals surface area contributed by atoms with Crippen LogP contribution < -0.4 is 9.04 Å². The van der Waals surface area contributed by atoms with Crippen molar-refractivity contribution in [2.45, 2.75) is 11.1 Å². The number of nitrogens with zero attached hydrogens (tertiary/aromatic N) is 3. The fraction of sp³-hybridized carbons (Fsp3) is 0.0526. The zero-order valence-corrected chi connectivity index (χ0v) is 17.1. The van der Waals surface area contributed by atoms with E-state index in [1.165, 1.54) is 30.6 Å². The van der Waals surface area contributed by atoms with Gasteiger partial charge in [-0.2, -0.15) is 22.6 Å². The van der Waals surface area contributed by atoms with Crippen LogP contribution in [-0.2, 0) is 16.2 Å². The first-order chi connectivity index (χ1) is 14.8. The number of H-pyrrole nitrogens is 1. The van der Waals surface area contributed by atoms with Crippen molar-refractivity contribution >= 4 is 32.3 Å². The number of nitrogens with one attached hydrogen (secondary N) is 1. The molecule has 0 fully saturated rings. The normalized spacial score (nSPS) is 12.0. The molecule has 0 unspecified atom stereocenters. The molecular formula is C19H13F3N4O3S2. The molecule has 0 atom stereocenters. The summed E-state index contributed by atoms with van der Waals surface area (Å²) < 4.78 is 74.7. The molecule has 31 heavy (non-hydrogen) atoms. The lowest BCUT2D eigenvalue weighted by Gasteiger charge is -2.23. The zero-order chi connectivity index (χ0) is 22.1. The van der Waals surface area contributed by atoms with Crippen molar-refractivity contribution in [2.75, 3.05) is 4.31 Å². The van der Waals surface area contributed by atoms with Gasteiger partial charge in [0.25, 0.3) is 10.0 Å². The van der Waals surface area contributed by atoms with Gasteiger partial charge in [-0.25, -0.2) is 13.4 Å². The summed E-state index contributed by atoms with van der Waals surface area (Å²) in [6, 6.07) is 11.8. The number of aromatic nitrogens is 3. The predicted octanol–water partition coefficient (Wildman–Crippen LogP) is 5.20. The summed E-state index contributed by atoms with van der Waals surface area (Å²) in [4.78, 5) is 3.33. The number of ether oxygens (including phenoxy) is 1. The summed E-state index contributed by atoms with van der Waals surface area (Å²) in [6.45, 7) is 0. The van der Waals surface area contributed by atoms with E-state index in [2.05, 4.69) is 15.2 Å². The van der Waals surface area contributed by atoms with Crippen LogP contribution in [0.5, 0.6) is 11.5 Å². The lowest BCUT2D eigenvalue weighted by atomic mass is 10.2. The molecule has 2 aromatic heterocycles. The average molecular weight is 466 g/mol. The Kier molecular flexibility index (Phi) is 5.41. The highest BCUT2D eigenvalue weighted by Gasteiger charge is 2.40. The van der Waals surface area contributed by atoms with Gasteiger partial charge in [0.05, 0.1) is 11.8 Å². The molecule has 0 saturated heterocycles. The maximum absolute atomic E-state index is 13.8. The molecule has 0 aliphatic rings. The first-order valence-corrected chi connectivity index (χ1v) is 11.0. The van der Waals surface area contributed by atoms with E-state index in [4.69, 9.17) is 4.74 Å². The molecule has 12 heteroatoms. The monoisotopic (exact) mass is 466 g/mol. The van der Waals surface area contributed by atoms with Crippen LogP contribution in [-0.4, -0.2) is 23.6 Å². The van der Waals surface area contributed by atoms with Gasteiger partial charge in [-0.1, -0.05) is 24.3 Å². The molecule has 0 radical (unpaired) electrons. The van der Waals surface area contributed by atoms with Gasteiger partial charge in [-0.05, 0) is 24.3 Å². The average Bonchev–Trinajstić information content (AvgIpc) is 3.43. The zero-order valence-electron chi connectivity index (χ0n) is 15.4. The van der Waals surface area contributed by atoms with Gasteiger partial charge in [-0.15, -0.1) is 11.3 Å². The van der Waals surface area contributed by atoms with Crippen LogP contribution in [0.3, 0.4) is 0 Å². The summed E-state index contributed by atoms with van der Waals surface area (Å²) >= 11 is 0.995. The van der Waals surface area contributed by atoms with Gasteiger partial charge in [0.1, 0.15) is 16.5 Å². The van der Waals surface area contributed by atoms with Crippen LogP contribution in [0, 0.1) is 0 Å². The lowest BCUT2D eigenvalue weighted by molar-refractivity contribution is -0.138. The molecule has 0 bridgehead atoms. The van der Waals surface area contributed by atoms with Crippen molar-refractivity contribution in [3.63, 3.8) is 0 Å². The van der Waals surface area contributed by atoms with Crippen LogP contribution in [0.15, 0.2) is 77.3 Å². The Bertz CT molecular complexity index is 1230. The van der Waals surface area contributed by atoms with Crippen molar-refractivity contribution < 1.29 is 26.3 Å². The van der Waals surface area contributed by atoms with Crippen LogP contribution >= 0.6 is 11.3 Å². The predicted molar refractivity (Wildman–Crippen MR) is 108 cm³/mol. The van der Waals surface area contributed by atoms with Crippen LogP contribution in [0.25, 0.3) is 0 Å². The number of para-hydroxylation sites is 2. The van der Waals surface area contributed by atoms with Gasteiger partial charge in [-0.3, -0.25) is 5.10 Å². The second-order valence-electron chi connectivity index (χ2n) is 6.07. The highest BCUT2D eigenvalue weighted by atomic mass is 32.2. The standard InChI is InChI=1S/C19H13F3N4O3S2/c20-19(21,22)14-7-4-8-15(17(14)29-13-5-2-1-3-6-13)31(27,28)26(16-9-10-24-25-16)18-23-11-12-30-18/h1-12H,(H,24,25). The third-order valence-electron chi connectivity index (χ3n) is 4.06. The van der Waals surface area contributed by atoms with Crippen LogP contribution in [0.4, 0.5) is 24.1 Å². The molecule has 160 valence electrons. The Balaban J connectivity index is 1.94. The van der Waals surface area contributed by atoms with Crippen LogP contribution in [0.2, 0.25) is 0 Å². The highest BCUT2D eigenvalue weighted by Crippen LogP contribution is 2.44. The van der Waals surface area contributed by atoms with Gasteiger partial charge in [0, 0.05) is 17.6 Å². The molecule has 2 heterocycles. The molecule has 2 aromatic carbocycles. The molecule has 0 aliphatic heterocycles. The maximum atomic E-state index is 13.8. The van der Waals surface area contributed by atoms with E-state index in [0.717, 1.165) is 33.8 Å². The van der Waals surface area contributed by atoms with E-state index in [0.29, 0.717) is 0 Å². The Hall–Kier alpha value is -3.38. The van der Waals surface area contributed by atoms with Crippen molar-refractivity contribution in [1.82, 2.24) is 15.2 Å². The summed E-state index contributed by atoms with van der Waals surface area (Å²) in [5.74, 6) is -0.765. The second kappa shape index (κ2) is 8.04. The molecule has 0 saturated carbocycles. The van der Waals surface area contributed by atoms with E-state index in [1.807, 2.05) is 0 Å². The fourth-order valence-electron chi connectivity index (χ4n) is 2.77. The number of aromatic amines is 1. The van der Waals surface area contributed by atoms with E-state index in [-0.39, 0.29) is 16.7 Å². The maximum Gasteiger partial charge on any atom is 0.420 e. The number of benzene rings is 2. The SMILES string of the molecule is O=S(=O)(c1cccc(C(F)(F)F)c1Oc1ccccc1)N(c1ccn[nH]1)c1nccs1. The van der Waals surface area contributed by atoms with Crippen molar-refractivity contribution in [3.05, 3.63) is 77.9 Å². The topological polar surface area (TPSA) is 88.2 Å².